The van der Waals surface area contributed by atoms with Crippen LogP contribution >= 0.6 is 0 Å². The first kappa shape index (κ1) is 8.79. The molecule has 0 saturated carbocycles. The highest BCUT2D eigenvalue weighted by atomic mass is 16.4. The maximum absolute atomic E-state index is 10.7. The van der Waals surface area contributed by atoms with Crippen molar-refractivity contribution >= 4 is 5.97 Å². The molecule has 1 aliphatic carbocycles. The third-order valence-electron chi connectivity index (χ3n) is 2.11. The lowest BCUT2D eigenvalue weighted by atomic mass is 10.1. The van der Waals surface area contributed by atoms with Gasteiger partial charge in [0.15, 0.2) is 0 Å². The molecular formula is C9H11NO2. The molecule has 0 fully saturated rings. The minimum atomic E-state index is -0.923. The number of hydrogen-bond acceptors (Lipinski definition) is 2. The number of hydrogen-bond donors (Lipinski definition) is 1. The summed E-state index contributed by atoms with van der Waals surface area (Å²) in [6, 6.07) is 1.97. The number of carboxylic acids is 1. The Morgan fingerprint density at radius 2 is 2.00 bits per heavy atom. The number of aliphatic carboxylic acids is 1. The van der Waals surface area contributed by atoms with Crippen molar-refractivity contribution in [3.63, 3.8) is 0 Å². The second kappa shape index (κ2) is 3.91. The summed E-state index contributed by atoms with van der Waals surface area (Å²) in [4.78, 5) is 10.7. The van der Waals surface area contributed by atoms with Crippen molar-refractivity contribution in [2.75, 3.05) is 0 Å². The number of carbonyl (C=O) groups is 1. The Morgan fingerprint density at radius 1 is 1.33 bits per heavy atom. The van der Waals surface area contributed by atoms with Crippen LogP contribution in [0.25, 0.3) is 0 Å². The van der Waals surface area contributed by atoms with Gasteiger partial charge in [-0.15, -0.1) is 0 Å². The third kappa shape index (κ3) is 1.85. The van der Waals surface area contributed by atoms with Gasteiger partial charge in [-0.05, 0) is 25.7 Å². The molecular weight excluding hydrogens is 154 g/mol. The lowest BCUT2D eigenvalue weighted by Crippen LogP contribution is -2.02. The minimum Gasteiger partial charge on any atom is -0.478 e. The van der Waals surface area contributed by atoms with Gasteiger partial charge < -0.3 is 5.11 Å². The summed E-state index contributed by atoms with van der Waals surface area (Å²) >= 11 is 0. The zero-order valence-electron chi connectivity index (χ0n) is 6.84. The summed E-state index contributed by atoms with van der Waals surface area (Å²) < 4.78 is 0. The van der Waals surface area contributed by atoms with Crippen LogP contribution in [0.4, 0.5) is 0 Å². The van der Waals surface area contributed by atoms with E-state index < -0.39 is 5.97 Å². The lowest BCUT2D eigenvalue weighted by molar-refractivity contribution is -0.132. The van der Waals surface area contributed by atoms with Crippen LogP contribution in [0.3, 0.4) is 0 Å². The monoisotopic (exact) mass is 165 g/mol. The van der Waals surface area contributed by atoms with Crippen LogP contribution in [0.2, 0.25) is 0 Å². The van der Waals surface area contributed by atoms with Crippen LogP contribution in [0.1, 0.15) is 32.1 Å². The van der Waals surface area contributed by atoms with Gasteiger partial charge in [-0.25, -0.2) is 4.79 Å². The fourth-order valence-electron chi connectivity index (χ4n) is 1.44. The van der Waals surface area contributed by atoms with Crippen molar-refractivity contribution < 1.29 is 9.90 Å². The molecule has 0 amide bonds. The van der Waals surface area contributed by atoms with E-state index in [9.17, 15) is 4.79 Å². The normalized spacial score (nSPS) is 18.2. The number of allylic oxidation sites excluding steroid dienone is 1. The third-order valence-corrected chi connectivity index (χ3v) is 2.11. The molecule has 64 valence electrons. The van der Waals surface area contributed by atoms with Gasteiger partial charge in [-0.1, -0.05) is 6.42 Å². The Labute approximate surface area is 71.3 Å². The fourth-order valence-corrected chi connectivity index (χ4v) is 1.44. The summed E-state index contributed by atoms with van der Waals surface area (Å²) in [5.74, 6) is -0.923. The SMILES string of the molecule is N#CC1=C(C(=O)O)CCCCC1. The topological polar surface area (TPSA) is 61.1 Å². The molecule has 0 aromatic rings. The Hall–Kier alpha value is -1.30. The first-order valence-corrected chi connectivity index (χ1v) is 4.11. The molecule has 0 aromatic heterocycles. The van der Waals surface area contributed by atoms with Crippen LogP contribution in [0, 0.1) is 11.3 Å². The molecule has 0 atom stereocenters. The van der Waals surface area contributed by atoms with E-state index in [1.807, 2.05) is 6.07 Å². The molecule has 0 saturated heterocycles. The van der Waals surface area contributed by atoms with E-state index in [4.69, 9.17) is 10.4 Å². The predicted molar refractivity (Wildman–Crippen MR) is 43.4 cm³/mol. The van der Waals surface area contributed by atoms with Crippen LogP contribution in [0.5, 0.6) is 0 Å². The highest BCUT2D eigenvalue weighted by Gasteiger charge is 2.16. The maximum Gasteiger partial charge on any atom is 0.332 e. The summed E-state index contributed by atoms with van der Waals surface area (Å²) in [7, 11) is 0. The van der Waals surface area contributed by atoms with Crippen molar-refractivity contribution in [3.05, 3.63) is 11.1 Å². The van der Waals surface area contributed by atoms with E-state index in [1.54, 1.807) is 0 Å². The molecule has 3 heteroatoms. The second-order valence-electron chi connectivity index (χ2n) is 2.93. The molecule has 0 heterocycles. The van der Waals surface area contributed by atoms with Gasteiger partial charge >= 0.3 is 5.97 Å². The number of carboxylic acid groups (broad SMARTS) is 1. The van der Waals surface area contributed by atoms with Gasteiger partial charge in [0.1, 0.15) is 0 Å². The number of nitriles is 1. The van der Waals surface area contributed by atoms with Gasteiger partial charge in [0.05, 0.1) is 11.6 Å². The predicted octanol–water partition coefficient (Wildman–Crippen LogP) is 1.86. The van der Waals surface area contributed by atoms with E-state index >= 15 is 0 Å². The molecule has 0 bridgehead atoms. The summed E-state index contributed by atoms with van der Waals surface area (Å²) in [6.07, 6.45) is 4.06. The van der Waals surface area contributed by atoms with Crippen molar-refractivity contribution in [3.8, 4) is 6.07 Å². The zero-order valence-corrected chi connectivity index (χ0v) is 6.84. The molecule has 1 aliphatic rings. The quantitative estimate of drug-likeness (QED) is 0.645. The highest BCUT2D eigenvalue weighted by Crippen LogP contribution is 2.23. The van der Waals surface area contributed by atoms with Gasteiger partial charge in [0.2, 0.25) is 0 Å². The maximum atomic E-state index is 10.7. The second-order valence-corrected chi connectivity index (χ2v) is 2.93. The molecule has 3 nitrogen and oxygen atoms in total. The van der Waals surface area contributed by atoms with E-state index in [1.165, 1.54) is 0 Å². The standard InChI is InChI=1S/C9H11NO2/c10-6-7-4-2-1-3-5-8(7)9(11)12/h1-5H2,(H,11,12). The van der Waals surface area contributed by atoms with E-state index in [-0.39, 0.29) is 0 Å². The van der Waals surface area contributed by atoms with Crippen LogP contribution in [0.15, 0.2) is 11.1 Å². The van der Waals surface area contributed by atoms with Gasteiger partial charge in [0, 0.05) is 5.57 Å². The highest BCUT2D eigenvalue weighted by molar-refractivity contribution is 5.88. The Morgan fingerprint density at radius 3 is 2.58 bits per heavy atom. The van der Waals surface area contributed by atoms with Crippen molar-refractivity contribution in [2.24, 2.45) is 0 Å². The van der Waals surface area contributed by atoms with Crippen LogP contribution < -0.4 is 0 Å². The van der Waals surface area contributed by atoms with Crippen molar-refractivity contribution in [2.45, 2.75) is 32.1 Å². The van der Waals surface area contributed by atoms with Gasteiger partial charge in [0.25, 0.3) is 0 Å². The molecule has 12 heavy (non-hydrogen) atoms. The largest absolute Gasteiger partial charge is 0.478 e. The van der Waals surface area contributed by atoms with Gasteiger partial charge in [-0.3, -0.25) is 0 Å². The summed E-state index contributed by atoms with van der Waals surface area (Å²) in [6.45, 7) is 0. The molecule has 0 aliphatic heterocycles. The van der Waals surface area contributed by atoms with E-state index in [0.29, 0.717) is 24.0 Å². The van der Waals surface area contributed by atoms with E-state index in [0.717, 1.165) is 19.3 Å². The average molecular weight is 165 g/mol. The zero-order chi connectivity index (χ0) is 8.97. The molecule has 0 radical (unpaired) electrons. The summed E-state index contributed by atoms with van der Waals surface area (Å²) in [5.41, 5.74) is 0.801. The van der Waals surface area contributed by atoms with Crippen LogP contribution in [-0.4, -0.2) is 11.1 Å². The Balaban J connectivity index is 2.91. The first-order valence-electron chi connectivity index (χ1n) is 4.11. The van der Waals surface area contributed by atoms with Gasteiger partial charge in [-0.2, -0.15) is 5.26 Å². The van der Waals surface area contributed by atoms with Crippen molar-refractivity contribution in [1.29, 1.82) is 5.26 Å². The molecule has 0 unspecified atom stereocenters. The Kier molecular flexibility index (Phi) is 2.87. The Bertz CT molecular complexity index is 260. The van der Waals surface area contributed by atoms with Crippen molar-refractivity contribution in [1.82, 2.24) is 0 Å². The van der Waals surface area contributed by atoms with Crippen LogP contribution in [-0.2, 0) is 4.79 Å². The van der Waals surface area contributed by atoms with E-state index in [2.05, 4.69) is 0 Å². The smallest absolute Gasteiger partial charge is 0.332 e. The fraction of sp³-hybridized carbons (Fsp3) is 0.556. The minimum absolute atomic E-state index is 0.329. The number of nitrogens with zero attached hydrogens (tertiary/aromatic N) is 1. The molecule has 0 spiro atoms. The molecule has 1 N–H and O–H groups in total. The first-order chi connectivity index (χ1) is 5.75. The molecule has 0 aromatic carbocycles. The average Bonchev–Trinajstić information content (AvgIpc) is 2.27. The lowest BCUT2D eigenvalue weighted by Gasteiger charge is -1.99. The number of rotatable bonds is 1. The summed E-state index contributed by atoms with van der Waals surface area (Å²) in [5, 5.41) is 17.4. The molecule has 1 rings (SSSR count).